The van der Waals surface area contributed by atoms with E-state index in [1.807, 2.05) is 0 Å². The molecule has 0 amide bonds. The maximum absolute atomic E-state index is 13.9. The molecule has 0 aromatic rings. The first kappa shape index (κ1) is 11.9. The van der Waals surface area contributed by atoms with Gasteiger partial charge in [0, 0.05) is 0 Å². The Hall–Kier alpha value is -1.13. The van der Waals surface area contributed by atoms with Crippen LogP contribution in [0.1, 0.15) is 25.7 Å². The lowest BCUT2D eigenvalue weighted by Gasteiger charge is -2.30. The van der Waals surface area contributed by atoms with E-state index in [-0.39, 0.29) is 24.7 Å². The van der Waals surface area contributed by atoms with Crippen LogP contribution >= 0.6 is 0 Å². The molecule has 15 heavy (non-hydrogen) atoms. The highest BCUT2D eigenvalue weighted by Gasteiger charge is 2.44. The third-order valence-corrected chi connectivity index (χ3v) is 2.86. The second kappa shape index (κ2) is 4.59. The molecule has 0 saturated heterocycles. The number of methoxy groups -OCH3 is 2. The molecule has 0 heterocycles. The minimum absolute atomic E-state index is 0.0272. The molecule has 0 aromatic carbocycles. The van der Waals surface area contributed by atoms with E-state index in [0.717, 1.165) is 7.11 Å². The van der Waals surface area contributed by atoms with Gasteiger partial charge in [0.25, 0.3) is 0 Å². The van der Waals surface area contributed by atoms with Gasteiger partial charge in [-0.2, -0.15) is 0 Å². The summed E-state index contributed by atoms with van der Waals surface area (Å²) in [5.74, 6) is -1.46. The van der Waals surface area contributed by atoms with Crippen molar-refractivity contribution in [1.29, 1.82) is 0 Å². The summed E-state index contributed by atoms with van der Waals surface area (Å²) in [5, 5.41) is 0. The molecule has 0 aliphatic heterocycles. The smallest absolute Gasteiger partial charge is 0.343 e. The van der Waals surface area contributed by atoms with Gasteiger partial charge in [-0.05, 0) is 25.7 Å². The van der Waals surface area contributed by atoms with Crippen molar-refractivity contribution in [2.75, 3.05) is 14.2 Å². The van der Waals surface area contributed by atoms with Crippen LogP contribution in [0.25, 0.3) is 0 Å². The van der Waals surface area contributed by atoms with Gasteiger partial charge in [-0.15, -0.1) is 0 Å². The zero-order valence-corrected chi connectivity index (χ0v) is 8.92. The van der Waals surface area contributed by atoms with E-state index >= 15 is 0 Å². The third kappa shape index (κ3) is 2.46. The monoisotopic (exact) mass is 218 g/mol. The minimum atomic E-state index is -1.92. The normalized spacial score (nSPS) is 30.7. The third-order valence-electron chi connectivity index (χ3n) is 2.86. The maximum Gasteiger partial charge on any atom is 0.343 e. The molecule has 0 N–H and O–H groups in total. The summed E-state index contributed by atoms with van der Waals surface area (Å²) in [4.78, 5) is 22.3. The van der Waals surface area contributed by atoms with Crippen molar-refractivity contribution in [2.24, 2.45) is 5.92 Å². The van der Waals surface area contributed by atoms with Crippen molar-refractivity contribution in [3.05, 3.63) is 0 Å². The highest BCUT2D eigenvalue weighted by atomic mass is 19.1. The quantitative estimate of drug-likeness (QED) is 0.654. The number of alkyl halides is 1. The Kier molecular flexibility index (Phi) is 3.66. The Labute approximate surface area is 87.7 Å². The van der Waals surface area contributed by atoms with Crippen LogP contribution in [0.3, 0.4) is 0 Å². The Morgan fingerprint density at radius 2 is 1.73 bits per heavy atom. The second-order valence-electron chi connectivity index (χ2n) is 3.75. The maximum atomic E-state index is 13.9. The molecule has 4 nitrogen and oxygen atoms in total. The Balaban J connectivity index is 2.55. The zero-order valence-electron chi connectivity index (χ0n) is 8.92. The van der Waals surface area contributed by atoms with Crippen LogP contribution < -0.4 is 0 Å². The molecule has 1 saturated carbocycles. The van der Waals surface area contributed by atoms with Gasteiger partial charge in [0.15, 0.2) is 0 Å². The van der Waals surface area contributed by atoms with Gasteiger partial charge in [0.1, 0.15) is 0 Å². The fraction of sp³-hybridized carbons (Fsp3) is 0.800. The molecule has 1 fully saturated rings. The van der Waals surface area contributed by atoms with Crippen molar-refractivity contribution in [3.63, 3.8) is 0 Å². The van der Waals surface area contributed by atoms with Gasteiger partial charge in [-0.25, -0.2) is 9.18 Å². The first-order chi connectivity index (χ1) is 7.03. The van der Waals surface area contributed by atoms with Crippen molar-refractivity contribution in [1.82, 2.24) is 0 Å². The van der Waals surface area contributed by atoms with Crippen molar-refractivity contribution in [2.45, 2.75) is 31.4 Å². The van der Waals surface area contributed by atoms with E-state index in [1.54, 1.807) is 0 Å². The van der Waals surface area contributed by atoms with E-state index in [0.29, 0.717) is 12.8 Å². The van der Waals surface area contributed by atoms with E-state index < -0.39 is 11.6 Å². The lowest BCUT2D eigenvalue weighted by atomic mass is 9.80. The number of ether oxygens (including phenoxy) is 2. The number of rotatable bonds is 2. The predicted molar refractivity (Wildman–Crippen MR) is 49.8 cm³/mol. The molecular formula is C10H15FO4. The summed E-state index contributed by atoms with van der Waals surface area (Å²) in [6, 6.07) is 0. The Morgan fingerprint density at radius 3 is 2.13 bits per heavy atom. The number of halogens is 1. The SMILES string of the molecule is COC(=O)C1CCC(F)(C(=O)OC)CC1. The molecule has 0 bridgehead atoms. The summed E-state index contributed by atoms with van der Waals surface area (Å²) in [6.07, 6.45) is 0.718. The highest BCUT2D eigenvalue weighted by molar-refractivity contribution is 5.80. The number of carbonyl (C=O) groups excluding carboxylic acids is 2. The number of esters is 2. The molecule has 0 aromatic heterocycles. The predicted octanol–water partition coefficient (Wildman–Crippen LogP) is 1.23. The van der Waals surface area contributed by atoms with E-state index in [2.05, 4.69) is 9.47 Å². The van der Waals surface area contributed by atoms with Crippen LogP contribution in [0.5, 0.6) is 0 Å². The lowest BCUT2D eigenvalue weighted by Crippen LogP contribution is -2.40. The summed E-state index contributed by atoms with van der Waals surface area (Å²) in [7, 11) is 2.47. The number of carbonyl (C=O) groups is 2. The van der Waals surface area contributed by atoms with Crippen molar-refractivity contribution >= 4 is 11.9 Å². The molecule has 1 aliphatic rings. The molecule has 0 radical (unpaired) electrons. The Bertz CT molecular complexity index is 256. The standard InChI is InChI=1S/C10H15FO4/c1-14-8(12)7-3-5-10(11,6-4-7)9(13)15-2/h7H,3-6H2,1-2H3. The largest absolute Gasteiger partial charge is 0.469 e. The number of hydrogen-bond acceptors (Lipinski definition) is 4. The molecule has 1 aliphatic carbocycles. The highest BCUT2D eigenvalue weighted by Crippen LogP contribution is 2.36. The molecular weight excluding hydrogens is 203 g/mol. The fourth-order valence-electron chi connectivity index (χ4n) is 1.86. The molecule has 5 heteroatoms. The summed E-state index contributed by atoms with van der Waals surface area (Å²) < 4.78 is 22.8. The number of hydrogen-bond donors (Lipinski definition) is 0. The van der Waals surface area contributed by atoms with Crippen molar-refractivity contribution in [3.8, 4) is 0 Å². The van der Waals surface area contributed by atoms with Crippen LogP contribution in [0.4, 0.5) is 4.39 Å². The van der Waals surface area contributed by atoms with Crippen LogP contribution in [0.15, 0.2) is 0 Å². The molecule has 0 atom stereocenters. The fourth-order valence-corrected chi connectivity index (χ4v) is 1.86. The van der Waals surface area contributed by atoms with Crippen LogP contribution in [0, 0.1) is 5.92 Å². The molecule has 0 spiro atoms. The van der Waals surface area contributed by atoms with Crippen molar-refractivity contribution < 1.29 is 23.5 Å². The minimum Gasteiger partial charge on any atom is -0.469 e. The van der Waals surface area contributed by atoms with E-state index in [9.17, 15) is 14.0 Å². The molecule has 1 rings (SSSR count). The van der Waals surface area contributed by atoms with Crippen LogP contribution in [0.2, 0.25) is 0 Å². The lowest BCUT2D eigenvalue weighted by molar-refractivity contribution is -0.161. The van der Waals surface area contributed by atoms with Gasteiger partial charge >= 0.3 is 11.9 Å². The summed E-state index contributed by atoms with van der Waals surface area (Å²) in [5.41, 5.74) is -1.92. The van der Waals surface area contributed by atoms with Crippen LogP contribution in [-0.2, 0) is 19.1 Å². The molecule has 86 valence electrons. The Morgan fingerprint density at radius 1 is 1.20 bits per heavy atom. The molecule has 0 unspecified atom stereocenters. The average molecular weight is 218 g/mol. The zero-order chi connectivity index (χ0) is 11.5. The topological polar surface area (TPSA) is 52.6 Å². The second-order valence-corrected chi connectivity index (χ2v) is 3.75. The van der Waals surface area contributed by atoms with Crippen LogP contribution in [-0.4, -0.2) is 31.8 Å². The summed E-state index contributed by atoms with van der Waals surface area (Å²) >= 11 is 0. The van der Waals surface area contributed by atoms with Gasteiger partial charge in [0.2, 0.25) is 5.67 Å². The van der Waals surface area contributed by atoms with Gasteiger partial charge < -0.3 is 9.47 Å². The van der Waals surface area contributed by atoms with E-state index in [1.165, 1.54) is 7.11 Å². The van der Waals surface area contributed by atoms with E-state index in [4.69, 9.17) is 0 Å². The van der Waals surface area contributed by atoms with Gasteiger partial charge in [-0.3, -0.25) is 4.79 Å². The van der Waals surface area contributed by atoms with Gasteiger partial charge in [0.05, 0.1) is 20.1 Å². The summed E-state index contributed by atoms with van der Waals surface area (Å²) in [6.45, 7) is 0. The first-order valence-electron chi connectivity index (χ1n) is 4.88. The average Bonchev–Trinajstić information content (AvgIpc) is 2.28. The van der Waals surface area contributed by atoms with Gasteiger partial charge in [-0.1, -0.05) is 0 Å². The first-order valence-corrected chi connectivity index (χ1v) is 4.88.